The average Bonchev–Trinajstić information content (AvgIpc) is 3.38. The molecule has 1 aromatic carbocycles. The number of anilines is 3. The van der Waals surface area contributed by atoms with E-state index in [0.717, 1.165) is 23.2 Å². The van der Waals surface area contributed by atoms with Gasteiger partial charge in [0.15, 0.2) is 5.82 Å². The number of methoxy groups -OCH3 is 1. The summed E-state index contributed by atoms with van der Waals surface area (Å²) in [5, 5.41) is 17.3. The van der Waals surface area contributed by atoms with E-state index in [1.807, 2.05) is 4.90 Å². The number of hydrogen-bond acceptors (Lipinski definition) is 8. The molecule has 13 heteroatoms. The van der Waals surface area contributed by atoms with Crippen molar-refractivity contribution in [2.24, 2.45) is 0 Å². The summed E-state index contributed by atoms with van der Waals surface area (Å²) in [6, 6.07) is 5.09. The molecule has 212 valence electrons. The number of rotatable bonds is 7. The Balaban J connectivity index is 1.45. The lowest BCUT2D eigenvalue weighted by atomic mass is 10.1. The Kier molecular flexibility index (Phi) is 8.30. The molecular formula is C28H25F4N7O2. The maximum atomic E-state index is 14.6. The van der Waals surface area contributed by atoms with Gasteiger partial charge in [-0.15, -0.1) is 0 Å². The van der Waals surface area contributed by atoms with Crippen LogP contribution in [0.3, 0.4) is 0 Å². The largest absolute Gasteiger partial charge is 0.496 e. The summed E-state index contributed by atoms with van der Waals surface area (Å²) >= 11 is 0. The van der Waals surface area contributed by atoms with Gasteiger partial charge < -0.3 is 20.1 Å². The molecule has 1 fully saturated rings. The second-order valence-corrected chi connectivity index (χ2v) is 9.28. The van der Waals surface area contributed by atoms with E-state index in [4.69, 9.17) is 4.74 Å². The second-order valence-electron chi connectivity index (χ2n) is 9.28. The molecule has 0 radical (unpaired) electrons. The van der Waals surface area contributed by atoms with Gasteiger partial charge in [-0.3, -0.25) is 4.68 Å². The van der Waals surface area contributed by atoms with Gasteiger partial charge in [0.1, 0.15) is 35.6 Å². The smallest absolute Gasteiger partial charge is 0.257 e. The van der Waals surface area contributed by atoms with Crippen LogP contribution in [-0.2, 0) is 6.54 Å². The lowest BCUT2D eigenvalue weighted by Gasteiger charge is -2.32. The van der Waals surface area contributed by atoms with E-state index in [0.29, 0.717) is 48.0 Å². The molecule has 41 heavy (non-hydrogen) atoms. The van der Waals surface area contributed by atoms with Gasteiger partial charge in [0.2, 0.25) is 0 Å². The van der Waals surface area contributed by atoms with E-state index in [9.17, 15) is 22.7 Å². The Morgan fingerprint density at radius 2 is 2.00 bits per heavy atom. The molecule has 0 aliphatic carbocycles. The maximum Gasteiger partial charge on any atom is 0.257 e. The van der Waals surface area contributed by atoms with Crippen LogP contribution in [-0.4, -0.2) is 62.6 Å². The van der Waals surface area contributed by atoms with Crippen LogP contribution < -0.4 is 15.0 Å². The Hall–Kier alpha value is -4.70. The predicted molar refractivity (Wildman–Crippen MR) is 143 cm³/mol. The summed E-state index contributed by atoms with van der Waals surface area (Å²) in [5.41, 5.74) is 1.65. The molecule has 4 heterocycles. The van der Waals surface area contributed by atoms with E-state index in [-0.39, 0.29) is 17.1 Å². The van der Waals surface area contributed by atoms with E-state index in [1.165, 1.54) is 25.7 Å². The van der Waals surface area contributed by atoms with Crippen LogP contribution >= 0.6 is 0 Å². The van der Waals surface area contributed by atoms with Crippen molar-refractivity contribution in [2.45, 2.75) is 31.9 Å². The van der Waals surface area contributed by atoms with Crippen LogP contribution in [0.15, 0.2) is 49.1 Å². The highest BCUT2D eigenvalue weighted by molar-refractivity contribution is 5.69. The first kappa shape index (κ1) is 27.9. The number of aliphatic hydroxyl groups excluding tert-OH is 1. The molecule has 2 N–H and O–H groups in total. The topological polar surface area (TPSA) is 101 Å². The highest BCUT2D eigenvalue weighted by atomic mass is 19.3. The summed E-state index contributed by atoms with van der Waals surface area (Å²) in [4.78, 5) is 14.9. The van der Waals surface area contributed by atoms with Crippen molar-refractivity contribution < 1.29 is 27.4 Å². The molecule has 0 spiro atoms. The molecule has 1 aliphatic rings. The van der Waals surface area contributed by atoms with E-state index >= 15 is 0 Å². The van der Waals surface area contributed by atoms with Crippen molar-refractivity contribution in [3.05, 3.63) is 71.8 Å². The zero-order valence-corrected chi connectivity index (χ0v) is 21.9. The molecule has 9 nitrogen and oxygen atoms in total. The van der Waals surface area contributed by atoms with Crippen LogP contribution in [0.25, 0.3) is 11.4 Å². The maximum absolute atomic E-state index is 14.6. The molecule has 0 saturated carbocycles. The number of aliphatic hydroxyl groups is 1. The zero-order chi connectivity index (χ0) is 28.9. The number of halogens is 4. The molecule has 5 rings (SSSR count). The van der Waals surface area contributed by atoms with Crippen LogP contribution in [0.1, 0.15) is 24.0 Å². The summed E-state index contributed by atoms with van der Waals surface area (Å²) in [6.45, 7) is 0.556. The molecule has 1 aliphatic heterocycles. The number of β-amino-alcohol motifs (C(OH)–C–C–N with tert-alkyl or cyclic N) is 1. The molecule has 0 amide bonds. The van der Waals surface area contributed by atoms with Crippen molar-refractivity contribution in [2.75, 3.05) is 30.4 Å². The minimum atomic E-state index is -2.53. The van der Waals surface area contributed by atoms with Crippen molar-refractivity contribution in [1.29, 1.82) is 0 Å². The fraction of sp³-hybridized carbons (Fsp3) is 0.286. The third-order valence-corrected chi connectivity index (χ3v) is 6.29. The number of nitrogens with one attached hydrogen (secondary N) is 1. The number of alkyl halides is 2. The number of piperidine rings is 1. The highest BCUT2D eigenvalue weighted by Crippen LogP contribution is 2.32. The van der Waals surface area contributed by atoms with Gasteiger partial charge in [-0.05, 0) is 18.9 Å². The molecule has 4 aromatic rings. The Morgan fingerprint density at radius 1 is 1.15 bits per heavy atom. The minimum Gasteiger partial charge on any atom is -0.496 e. The Labute approximate surface area is 232 Å². The van der Waals surface area contributed by atoms with Crippen LogP contribution in [0.5, 0.6) is 5.75 Å². The first-order valence-corrected chi connectivity index (χ1v) is 12.7. The van der Waals surface area contributed by atoms with Crippen LogP contribution in [0.2, 0.25) is 0 Å². The second kappa shape index (κ2) is 12.2. The summed E-state index contributed by atoms with van der Waals surface area (Å²) < 4.78 is 59.9. The molecular weight excluding hydrogens is 542 g/mol. The van der Waals surface area contributed by atoms with Gasteiger partial charge in [0.25, 0.3) is 6.43 Å². The molecule has 1 saturated heterocycles. The summed E-state index contributed by atoms with van der Waals surface area (Å²) in [5.74, 6) is 4.94. The van der Waals surface area contributed by atoms with Gasteiger partial charge in [-0.1, -0.05) is 11.8 Å². The predicted octanol–water partition coefficient (Wildman–Crippen LogP) is 4.39. The third-order valence-electron chi connectivity index (χ3n) is 6.29. The van der Waals surface area contributed by atoms with Gasteiger partial charge in [-0.2, -0.15) is 5.10 Å². The van der Waals surface area contributed by atoms with Crippen LogP contribution in [0.4, 0.5) is 34.9 Å². The standard InChI is InChI=1S/C28H25F4N7O2/c1-41-23-10-19(29)9-21(30)27(23)28-33-7-6-25(37-28)36-26-11-22(38-8-2-3-20(40)15-38)18(13-34-26)5-4-17-12-35-39(14-17)16-24(31)32/h6-7,9-14,20,24,40H,2-3,8,15-16H2,1H3,(H,33,34,36,37)/t20-/m0/s1. The van der Waals surface area contributed by atoms with Gasteiger partial charge in [0, 0.05) is 49.9 Å². The number of benzene rings is 1. The van der Waals surface area contributed by atoms with Crippen molar-refractivity contribution >= 4 is 17.3 Å². The first-order chi connectivity index (χ1) is 19.8. The van der Waals surface area contributed by atoms with Crippen molar-refractivity contribution in [3.63, 3.8) is 0 Å². The number of pyridine rings is 1. The fourth-order valence-electron chi connectivity index (χ4n) is 4.46. The van der Waals surface area contributed by atoms with E-state index < -0.39 is 30.7 Å². The monoisotopic (exact) mass is 567 g/mol. The Bertz CT molecular complexity index is 1600. The lowest BCUT2D eigenvalue weighted by Crippen LogP contribution is -2.38. The lowest BCUT2D eigenvalue weighted by molar-refractivity contribution is 0.122. The van der Waals surface area contributed by atoms with Gasteiger partial charge >= 0.3 is 0 Å². The average molecular weight is 568 g/mol. The molecule has 1 atom stereocenters. The van der Waals surface area contributed by atoms with Crippen LogP contribution in [0, 0.1) is 23.5 Å². The summed E-state index contributed by atoms with van der Waals surface area (Å²) in [6.07, 6.45) is 4.26. The van der Waals surface area contributed by atoms with Crippen molar-refractivity contribution in [3.8, 4) is 29.0 Å². The molecule has 0 bridgehead atoms. The normalized spacial score (nSPS) is 15.0. The number of ether oxygens (including phenoxy) is 1. The third kappa shape index (κ3) is 6.72. The first-order valence-electron chi connectivity index (χ1n) is 12.7. The van der Waals surface area contributed by atoms with Gasteiger partial charge in [-0.25, -0.2) is 32.5 Å². The van der Waals surface area contributed by atoms with Gasteiger partial charge in [0.05, 0.1) is 41.8 Å². The SMILES string of the molecule is COc1cc(F)cc(F)c1-c1nccc(Nc2cc(N3CCC[C@H](O)C3)c(C#Cc3cnn(CC(F)F)c3)cn2)n1. The van der Waals surface area contributed by atoms with E-state index in [1.54, 1.807) is 18.3 Å². The minimum absolute atomic E-state index is 0.0152. The number of aromatic nitrogens is 5. The highest BCUT2D eigenvalue weighted by Gasteiger charge is 2.21. The molecule has 3 aromatic heterocycles. The van der Waals surface area contributed by atoms with E-state index in [2.05, 4.69) is 37.2 Å². The Morgan fingerprint density at radius 3 is 2.78 bits per heavy atom. The van der Waals surface area contributed by atoms with Crippen molar-refractivity contribution in [1.82, 2.24) is 24.7 Å². The number of nitrogens with zero attached hydrogens (tertiary/aromatic N) is 6. The fourth-order valence-corrected chi connectivity index (χ4v) is 4.46. The zero-order valence-electron chi connectivity index (χ0n) is 21.9. The molecule has 0 unspecified atom stereocenters. The number of hydrogen-bond donors (Lipinski definition) is 2. The quantitative estimate of drug-likeness (QED) is 0.251. The summed E-state index contributed by atoms with van der Waals surface area (Å²) in [7, 11) is 1.29.